The summed E-state index contributed by atoms with van der Waals surface area (Å²) in [4.78, 5) is 33.3. The molecule has 1 unspecified atom stereocenters. The minimum Gasteiger partial charge on any atom is -0.356 e. The number of benzene rings is 2. The highest BCUT2D eigenvalue weighted by Gasteiger charge is 2.41. The number of anilines is 1. The zero-order valence-corrected chi connectivity index (χ0v) is 21.7. The summed E-state index contributed by atoms with van der Waals surface area (Å²) in [6.45, 7) is 10.8. The maximum Gasteiger partial charge on any atom is 0.255 e. The molecule has 0 radical (unpaired) electrons. The maximum atomic E-state index is 13.7. The van der Waals surface area contributed by atoms with Gasteiger partial charge in [0.05, 0.1) is 23.7 Å². The molecule has 6 nitrogen and oxygen atoms in total. The first-order valence-corrected chi connectivity index (χ1v) is 12.8. The molecule has 2 heterocycles. The van der Waals surface area contributed by atoms with Crippen LogP contribution in [0, 0.1) is 19.8 Å². The first kappa shape index (κ1) is 24.8. The Morgan fingerprint density at radius 3 is 2.54 bits per heavy atom. The van der Waals surface area contributed by atoms with Crippen LogP contribution in [0.5, 0.6) is 0 Å². The van der Waals surface area contributed by atoms with Crippen LogP contribution in [0.2, 0.25) is 0 Å². The highest BCUT2D eigenvalue weighted by atomic mass is 32.2. The van der Waals surface area contributed by atoms with Crippen LogP contribution in [0.3, 0.4) is 0 Å². The van der Waals surface area contributed by atoms with Gasteiger partial charge in [0.1, 0.15) is 0 Å². The number of nitrogens with zero attached hydrogens (tertiary/aromatic N) is 2. The molecule has 182 valence electrons. The van der Waals surface area contributed by atoms with Crippen molar-refractivity contribution in [3.8, 4) is 0 Å². The Kier molecular flexibility index (Phi) is 7.45. The standard InChI is InChI=1S/C28H32N4O2S/c1-17(2)15-29-24(33)14-22-16-35-28-30-20(5)25(27(34)31-21-9-7-6-8-10-21)26(32(22)28)23-13-18(3)11-12-19(23)4/h6-13,16-17,26H,14-15H2,1-5H3,(H,29,33)(H,31,34). The van der Waals surface area contributed by atoms with E-state index in [9.17, 15) is 9.59 Å². The molecule has 0 aromatic heterocycles. The summed E-state index contributed by atoms with van der Waals surface area (Å²) in [6.07, 6.45) is 0.229. The molecule has 7 heteroatoms. The monoisotopic (exact) mass is 488 g/mol. The van der Waals surface area contributed by atoms with Gasteiger partial charge in [-0.15, -0.1) is 0 Å². The molecule has 0 spiro atoms. The molecular weight excluding hydrogens is 456 g/mol. The van der Waals surface area contributed by atoms with Crippen molar-refractivity contribution in [1.29, 1.82) is 0 Å². The lowest BCUT2D eigenvalue weighted by atomic mass is 9.89. The SMILES string of the molecule is CC1=C(C(=O)Nc2ccccc2)C(c2cc(C)ccc2C)N2C(CC(=O)NCC(C)C)=CSC2=N1. The number of amidine groups is 1. The molecular formula is C28H32N4O2S. The molecule has 2 aliphatic rings. The molecule has 35 heavy (non-hydrogen) atoms. The number of nitrogens with one attached hydrogen (secondary N) is 2. The van der Waals surface area contributed by atoms with Crippen LogP contribution in [0.25, 0.3) is 0 Å². The second-order valence-electron chi connectivity index (χ2n) is 9.45. The smallest absolute Gasteiger partial charge is 0.255 e. The van der Waals surface area contributed by atoms with E-state index in [2.05, 4.69) is 61.4 Å². The molecule has 2 amide bonds. The third kappa shape index (κ3) is 5.51. The summed E-state index contributed by atoms with van der Waals surface area (Å²) in [6, 6.07) is 15.3. The van der Waals surface area contributed by atoms with Gasteiger partial charge in [-0.1, -0.05) is 67.6 Å². The van der Waals surface area contributed by atoms with Gasteiger partial charge in [-0.05, 0) is 55.4 Å². The average Bonchev–Trinajstić information content (AvgIpc) is 3.20. The Labute approximate surface area is 211 Å². The highest BCUT2D eigenvalue weighted by Crippen LogP contribution is 2.45. The Hall–Kier alpha value is -3.32. The number of allylic oxidation sites excluding steroid dienone is 1. The van der Waals surface area contributed by atoms with Gasteiger partial charge in [-0.3, -0.25) is 9.59 Å². The Bertz CT molecular complexity index is 1230. The lowest BCUT2D eigenvalue weighted by Gasteiger charge is -2.37. The van der Waals surface area contributed by atoms with E-state index >= 15 is 0 Å². The van der Waals surface area contributed by atoms with E-state index < -0.39 is 0 Å². The average molecular weight is 489 g/mol. The van der Waals surface area contributed by atoms with Crippen LogP contribution in [0.15, 0.2) is 75.9 Å². The van der Waals surface area contributed by atoms with E-state index in [1.807, 2.05) is 42.7 Å². The van der Waals surface area contributed by atoms with E-state index in [0.29, 0.717) is 23.7 Å². The zero-order chi connectivity index (χ0) is 25.1. The number of rotatable bonds is 7. The maximum absolute atomic E-state index is 13.7. The number of para-hydroxylation sites is 1. The van der Waals surface area contributed by atoms with E-state index in [0.717, 1.165) is 33.2 Å². The van der Waals surface area contributed by atoms with Gasteiger partial charge in [0.2, 0.25) is 5.91 Å². The molecule has 2 aromatic rings. The number of thioether (sulfide) groups is 1. The summed E-state index contributed by atoms with van der Waals surface area (Å²) in [5.41, 5.74) is 6.07. The second-order valence-corrected chi connectivity index (χ2v) is 10.3. The molecule has 2 N–H and O–H groups in total. The summed E-state index contributed by atoms with van der Waals surface area (Å²) >= 11 is 1.50. The molecule has 1 atom stereocenters. The van der Waals surface area contributed by atoms with Crippen LogP contribution in [0.4, 0.5) is 5.69 Å². The van der Waals surface area contributed by atoms with Gasteiger partial charge in [0.15, 0.2) is 5.17 Å². The molecule has 0 saturated carbocycles. The van der Waals surface area contributed by atoms with Crippen molar-refractivity contribution in [2.24, 2.45) is 10.9 Å². The van der Waals surface area contributed by atoms with Crippen LogP contribution >= 0.6 is 11.8 Å². The van der Waals surface area contributed by atoms with Crippen LogP contribution in [0.1, 0.15) is 49.9 Å². The van der Waals surface area contributed by atoms with Gasteiger partial charge in [-0.2, -0.15) is 0 Å². The quantitative estimate of drug-likeness (QED) is 0.526. The third-order valence-electron chi connectivity index (χ3n) is 6.06. The predicted molar refractivity (Wildman–Crippen MR) is 144 cm³/mol. The van der Waals surface area contributed by atoms with Crippen LogP contribution in [-0.4, -0.2) is 28.4 Å². The van der Waals surface area contributed by atoms with Gasteiger partial charge in [0.25, 0.3) is 5.91 Å². The van der Waals surface area contributed by atoms with Crippen molar-refractivity contribution in [3.63, 3.8) is 0 Å². The first-order valence-electron chi connectivity index (χ1n) is 11.9. The molecule has 0 saturated heterocycles. The fraction of sp³-hybridized carbons (Fsp3) is 0.321. The predicted octanol–water partition coefficient (Wildman–Crippen LogP) is 5.68. The van der Waals surface area contributed by atoms with Gasteiger partial charge >= 0.3 is 0 Å². The third-order valence-corrected chi connectivity index (χ3v) is 6.94. The summed E-state index contributed by atoms with van der Waals surface area (Å²) in [5.74, 6) is 0.149. The normalized spacial score (nSPS) is 17.2. The van der Waals surface area contributed by atoms with Crippen LogP contribution < -0.4 is 10.6 Å². The molecule has 0 aliphatic carbocycles. The molecule has 0 fully saturated rings. The number of hydrogen-bond acceptors (Lipinski definition) is 5. The molecule has 0 bridgehead atoms. The van der Waals surface area contributed by atoms with Crippen molar-refractivity contribution < 1.29 is 9.59 Å². The summed E-state index contributed by atoms with van der Waals surface area (Å²) in [7, 11) is 0. The fourth-order valence-corrected chi connectivity index (χ4v) is 5.24. The summed E-state index contributed by atoms with van der Waals surface area (Å²) < 4.78 is 0. The van der Waals surface area contributed by atoms with E-state index in [1.165, 1.54) is 11.8 Å². The molecule has 2 aliphatic heterocycles. The fourth-order valence-electron chi connectivity index (χ4n) is 4.27. The first-order chi connectivity index (χ1) is 16.7. The van der Waals surface area contributed by atoms with Gasteiger partial charge < -0.3 is 15.5 Å². The van der Waals surface area contributed by atoms with Crippen molar-refractivity contribution in [2.45, 2.75) is 47.1 Å². The van der Waals surface area contributed by atoms with Crippen LogP contribution in [-0.2, 0) is 9.59 Å². The van der Waals surface area contributed by atoms with Gasteiger partial charge in [0, 0.05) is 17.9 Å². The minimum atomic E-state index is -0.384. The summed E-state index contributed by atoms with van der Waals surface area (Å²) in [5, 5.41) is 8.83. The van der Waals surface area contributed by atoms with Gasteiger partial charge in [-0.25, -0.2) is 4.99 Å². The number of carbonyl (C=O) groups is 2. The number of aryl methyl sites for hydroxylation is 2. The van der Waals surface area contributed by atoms with Crippen molar-refractivity contribution >= 4 is 34.4 Å². The van der Waals surface area contributed by atoms with E-state index in [4.69, 9.17) is 4.99 Å². The Balaban J connectivity index is 1.74. The van der Waals surface area contributed by atoms with Crippen molar-refractivity contribution in [3.05, 3.63) is 87.6 Å². The molecule has 4 rings (SSSR count). The molecule has 2 aromatic carbocycles. The van der Waals surface area contributed by atoms with Crippen molar-refractivity contribution in [1.82, 2.24) is 10.2 Å². The second kappa shape index (κ2) is 10.5. The Morgan fingerprint density at radius 1 is 1.09 bits per heavy atom. The minimum absolute atomic E-state index is 0.0342. The van der Waals surface area contributed by atoms with E-state index in [1.54, 1.807) is 0 Å². The number of hydrogen-bond donors (Lipinski definition) is 2. The largest absolute Gasteiger partial charge is 0.356 e. The number of amides is 2. The number of aliphatic imine (C=N–C) groups is 1. The van der Waals surface area contributed by atoms with Crippen molar-refractivity contribution in [2.75, 3.05) is 11.9 Å². The lowest BCUT2D eigenvalue weighted by molar-refractivity contribution is -0.120. The van der Waals surface area contributed by atoms with E-state index in [-0.39, 0.29) is 24.3 Å². The Morgan fingerprint density at radius 2 is 1.83 bits per heavy atom. The number of carbonyl (C=O) groups excluding carboxylic acids is 2. The topological polar surface area (TPSA) is 73.8 Å². The number of fused-ring (bicyclic) bond motifs is 1. The highest BCUT2D eigenvalue weighted by molar-refractivity contribution is 8.16. The lowest BCUT2D eigenvalue weighted by Crippen LogP contribution is -2.39. The zero-order valence-electron chi connectivity index (χ0n) is 20.9.